The Kier molecular flexibility index (Phi) is 6.28. The van der Waals surface area contributed by atoms with Crippen LogP contribution < -0.4 is 10.5 Å². The molecule has 0 radical (unpaired) electrons. The Morgan fingerprint density at radius 2 is 1.73 bits per heavy atom. The van der Waals surface area contributed by atoms with Gasteiger partial charge >= 0.3 is 12.4 Å². The zero-order valence-electron chi connectivity index (χ0n) is 18.6. The standard InChI is InChI=1S/C20H14F6N6O3S2/c1-8-5-10(3-4-12(8)19(21,22)23)13-6-14(20(24,25)26)32-15(30-13)11(7-28-32)16(33)31-18-29-9(2)17(36-18)37(27,34)35/h3-7H,1-2H3,(H2,27,34,35)(H,29,31,33). The fraction of sp³-hybridized carbons (Fsp3) is 0.200. The van der Waals surface area contributed by atoms with Crippen LogP contribution in [0.1, 0.15) is 32.9 Å². The lowest BCUT2D eigenvalue weighted by Crippen LogP contribution is -2.16. The van der Waals surface area contributed by atoms with E-state index in [0.29, 0.717) is 21.9 Å². The summed E-state index contributed by atoms with van der Waals surface area (Å²) in [5.41, 5.74) is -3.91. The summed E-state index contributed by atoms with van der Waals surface area (Å²) in [7, 11) is -4.13. The van der Waals surface area contributed by atoms with Crippen molar-refractivity contribution in [3.8, 4) is 11.3 Å². The van der Waals surface area contributed by atoms with E-state index in [4.69, 9.17) is 5.14 Å². The molecule has 0 bridgehead atoms. The van der Waals surface area contributed by atoms with Crippen LogP contribution in [0, 0.1) is 13.8 Å². The molecule has 3 heterocycles. The van der Waals surface area contributed by atoms with E-state index in [1.54, 1.807) is 0 Å². The summed E-state index contributed by atoms with van der Waals surface area (Å²) < 4.78 is 104. The summed E-state index contributed by atoms with van der Waals surface area (Å²) in [6.45, 7) is 2.48. The SMILES string of the molecule is Cc1cc(-c2cc(C(F)(F)F)n3ncc(C(=O)Nc4nc(C)c(S(N)(=O)=O)s4)c3n2)ccc1C(F)(F)F. The molecule has 196 valence electrons. The second-order valence-electron chi connectivity index (χ2n) is 7.74. The summed E-state index contributed by atoms with van der Waals surface area (Å²) in [5, 5.41) is 10.8. The highest BCUT2D eigenvalue weighted by Crippen LogP contribution is 2.36. The summed E-state index contributed by atoms with van der Waals surface area (Å²) in [6.07, 6.45) is -8.81. The van der Waals surface area contributed by atoms with Gasteiger partial charge in [-0.1, -0.05) is 17.4 Å². The number of aryl methyl sites for hydroxylation is 2. The number of alkyl halides is 6. The average Bonchev–Trinajstić information content (AvgIpc) is 3.34. The van der Waals surface area contributed by atoms with Crippen LogP contribution in [-0.2, 0) is 22.4 Å². The molecule has 0 fully saturated rings. The highest BCUT2D eigenvalue weighted by molar-refractivity contribution is 7.91. The molecule has 0 aliphatic carbocycles. The quantitative estimate of drug-likeness (QED) is 0.353. The molecule has 1 aromatic carbocycles. The third kappa shape index (κ3) is 5.14. The van der Waals surface area contributed by atoms with Crippen molar-refractivity contribution in [2.45, 2.75) is 30.4 Å². The van der Waals surface area contributed by atoms with Crippen molar-refractivity contribution in [3.05, 3.63) is 58.5 Å². The number of nitrogens with zero attached hydrogens (tertiary/aromatic N) is 4. The molecule has 0 spiro atoms. The van der Waals surface area contributed by atoms with Crippen molar-refractivity contribution in [2.75, 3.05) is 5.32 Å². The van der Waals surface area contributed by atoms with E-state index < -0.39 is 50.8 Å². The summed E-state index contributed by atoms with van der Waals surface area (Å²) in [4.78, 5) is 20.8. The second-order valence-corrected chi connectivity index (χ2v) is 10.5. The number of anilines is 1. The van der Waals surface area contributed by atoms with Gasteiger partial charge in [0.25, 0.3) is 5.91 Å². The maximum atomic E-state index is 13.8. The molecule has 1 amide bonds. The number of nitrogens with two attached hydrogens (primary N) is 1. The first kappa shape index (κ1) is 26.5. The van der Waals surface area contributed by atoms with E-state index in [0.717, 1.165) is 31.3 Å². The molecule has 3 N–H and O–H groups in total. The second kappa shape index (κ2) is 8.77. The van der Waals surface area contributed by atoms with E-state index >= 15 is 0 Å². The lowest BCUT2D eigenvalue weighted by Gasteiger charge is -2.14. The molecule has 3 aromatic heterocycles. The molecule has 0 atom stereocenters. The molecule has 0 saturated heterocycles. The Morgan fingerprint density at radius 3 is 2.27 bits per heavy atom. The van der Waals surface area contributed by atoms with Gasteiger partial charge in [-0.2, -0.15) is 31.4 Å². The number of halogens is 6. The third-order valence-corrected chi connectivity index (χ3v) is 7.69. The largest absolute Gasteiger partial charge is 0.433 e. The van der Waals surface area contributed by atoms with Gasteiger partial charge in [-0.25, -0.2) is 28.0 Å². The molecule has 17 heteroatoms. The molecule has 4 aromatic rings. The minimum atomic E-state index is -4.96. The fourth-order valence-electron chi connectivity index (χ4n) is 3.48. The Labute approximate surface area is 208 Å². The highest BCUT2D eigenvalue weighted by Gasteiger charge is 2.37. The van der Waals surface area contributed by atoms with Crippen LogP contribution in [0.15, 0.2) is 34.7 Å². The Morgan fingerprint density at radius 1 is 1.05 bits per heavy atom. The normalized spacial score (nSPS) is 12.8. The molecule has 0 aliphatic rings. The van der Waals surface area contributed by atoms with Crippen molar-refractivity contribution in [3.63, 3.8) is 0 Å². The molecule has 4 rings (SSSR count). The number of nitrogens with one attached hydrogen (secondary N) is 1. The smallest absolute Gasteiger partial charge is 0.298 e. The molecule has 0 aliphatic heterocycles. The molecule has 9 nitrogen and oxygen atoms in total. The molecule has 0 saturated carbocycles. The number of primary sulfonamides is 1. The van der Waals surface area contributed by atoms with E-state index in [9.17, 15) is 39.6 Å². The Balaban J connectivity index is 1.82. The van der Waals surface area contributed by atoms with Gasteiger partial charge < -0.3 is 0 Å². The first-order chi connectivity index (χ1) is 17.0. The zero-order chi connectivity index (χ0) is 27.5. The fourth-order valence-corrected chi connectivity index (χ4v) is 5.33. The van der Waals surface area contributed by atoms with Gasteiger partial charge in [-0.15, -0.1) is 0 Å². The minimum absolute atomic E-state index is 0.0000987. The number of aromatic nitrogens is 4. The average molecular weight is 564 g/mol. The van der Waals surface area contributed by atoms with Crippen molar-refractivity contribution in [1.29, 1.82) is 0 Å². The van der Waals surface area contributed by atoms with Gasteiger partial charge in [0.05, 0.1) is 23.1 Å². The van der Waals surface area contributed by atoms with Gasteiger partial charge in [0.15, 0.2) is 20.7 Å². The number of fused-ring (bicyclic) bond motifs is 1. The van der Waals surface area contributed by atoms with Crippen LogP contribution in [0.5, 0.6) is 0 Å². The monoisotopic (exact) mass is 564 g/mol. The van der Waals surface area contributed by atoms with Crippen LogP contribution in [0.25, 0.3) is 16.9 Å². The van der Waals surface area contributed by atoms with Gasteiger partial charge in [-0.05, 0) is 37.6 Å². The molecule has 37 heavy (non-hydrogen) atoms. The minimum Gasteiger partial charge on any atom is -0.298 e. The van der Waals surface area contributed by atoms with Crippen molar-refractivity contribution >= 4 is 38.0 Å². The number of benzene rings is 1. The maximum absolute atomic E-state index is 13.8. The van der Waals surface area contributed by atoms with Crippen molar-refractivity contribution < 1.29 is 39.6 Å². The summed E-state index contributed by atoms with van der Waals surface area (Å²) >= 11 is 0.534. The predicted octanol–water partition coefficient (Wildman–Crippen LogP) is 4.41. The summed E-state index contributed by atoms with van der Waals surface area (Å²) in [6, 6.07) is 3.33. The van der Waals surface area contributed by atoms with E-state index in [1.165, 1.54) is 6.92 Å². The van der Waals surface area contributed by atoms with Crippen LogP contribution in [0.4, 0.5) is 31.5 Å². The first-order valence-corrected chi connectivity index (χ1v) is 12.3. The van der Waals surface area contributed by atoms with Crippen molar-refractivity contribution in [2.24, 2.45) is 5.14 Å². The van der Waals surface area contributed by atoms with Crippen LogP contribution in [0.2, 0.25) is 0 Å². The number of rotatable bonds is 4. The first-order valence-electron chi connectivity index (χ1n) is 9.92. The van der Waals surface area contributed by atoms with Crippen LogP contribution in [-0.4, -0.2) is 33.9 Å². The number of hydrogen-bond donors (Lipinski definition) is 2. The Bertz CT molecular complexity index is 1660. The Hall–Kier alpha value is -3.57. The predicted molar refractivity (Wildman–Crippen MR) is 119 cm³/mol. The van der Waals surface area contributed by atoms with Gasteiger partial charge in [0, 0.05) is 5.56 Å². The van der Waals surface area contributed by atoms with E-state index in [2.05, 4.69) is 20.4 Å². The van der Waals surface area contributed by atoms with Gasteiger partial charge in [-0.3, -0.25) is 10.1 Å². The third-order valence-electron chi connectivity index (χ3n) is 5.07. The number of amides is 1. The molecular weight excluding hydrogens is 550 g/mol. The number of carbonyl (C=O) groups is 1. The van der Waals surface area contributed by atoms with Crippen LogP contribution in [0.3, 0.4) is 0 Å². The lowest BCUT2D eigenvalue weighted by molar-refractivity contribution is -0.142. The van der Waals surface area contributed by atoms with Gasteiger partial charge in [0.2, 0.25) is 10.0 Å². The molecular formula is C20H14F6N6O3S2. The molecule has 0 unspecified atom stereocenters. The van der Waals surface area contributed by atoms with Crippen molar-refractivity contribution in [1.82, 2.24) is 19.6 Å². The maximum Gasteiger partial charge on any atom is 0.433 e. The van der Waals surface area contributed by atoms with E-state index in [1.807, 2.05) is 0 Å². The number of thiazole rings is 1. The topological polar surface area (TPSA) is 132 Å². The lowest BCUT2D eigenvalue weighted by atomic mass is 10.0. The number of carbonyl (C=O) groups excluding carboxylic acids is 1. The van der Waals surface area contributed by atoms with Crippen LogP contribution >= 0.6 is 11.3 Å². The number of sulfonamides is 1. The zero-order valence-corrected chi connectivity index (χ0v) is 20.2. The highest BCUT2D eigenvalue weighted by atomic mass is 32.2. The summed E-state index contributed by atoms with van der Waals surface area (Å²) in [5.74, 6) is -1.01. The van der Waals surface area contributed by atoms with Gasteiger partial charge in [0.1, 0.15) is 5.56 Å². The number of hydrogen-bond acceptors (Lipinski definition) is 7. The van der Waals surface area contributed by atoms with E-state index in [-0.39, 0.29) is 31.9 Å².